The molecule has 0 aliphatic rings. The maximum absolute atomic E-state index is 11.5. The van der Waals surface area contributed by atoms with Crippen molar-refractivity contribution in [2.24, 2.45) is 0 Å². The van der Waals surface area contributed by atoms with Crippen molar-refractivity contribution in [3.8, 4) is 0 Å². The third-order valence-electron chi connectivity index (χ3n) is 2.11. The predicted molar refractivity (Wildman–Crippen MR) is 71.9 cm³/mol. The van der Waals surface area contributed by atoms with E-state index in [2.05, 4.69) is 10.6 Å². The largest absolute Gasteiger partial charge is 0.481 e. The number of carboxylic acids is 1. The van der Waals surface area contributed by atoms with Crippen LogP contribution < -0.4 is 10.6 Å². The molecular weight excluding hydrogens is 256 g/mol. The van der Waals surface area contributed by atoms with Crippen molar-refractivity contribution in [3.05, 3.63) is 0 Å². The van der Waals surface area contributed by atoms with Crippen LogP contribution in [0, 0.1) is 0 Å². The second-order valence-corrected chi connectivity index (χ2v) is 5.77. The molecule has 0 aromatic rings. The molecule has 0 heterocycles. The Bertz CT molecular complexity index is 284. The number of aliphatic hydroxyl groups is 1. The molecule has 4 N–H and O–H groups in total. The fraction of sp³-hybridized carbons (Fsp3) is 0.818. The van der Waals surface area contributed by atoms with Crippen LogP contribution in [0.3, 0.4) is 0 Å². The van der Waals surface area contributed by atoms with E-state index in [0.29, 0.717) is 0 Å². The molecule has 0 spiro atoms. The van der Waals surface area contributed by atoms with E-state index in [-0.39, 0.29) is 12.6 Å². The lowest BCUT2D eigenvalue weighted by Crippen LogP contribution is -2.48. The molecule has 6 nitrogen and oxygen atoms in total. The Morgan fingerprint density at radius 1 is 1.44 bits per heavy atom. The van der Waals surface area contributed by atoms with Gasteiger partial charge in [0.2, 0.25) is 0 Å². The molecule has 0 aliphatic heterocycles. The molecule has 0 saturated heterocycles. The minimum atomic E-state index is -1.44. The molecule has 2 unspecified atom stereocenters. The van der Waals surface area contributed by atoms with Gasteiger partial charge in [-0.3, -0.25) is 4.79 Å². The van der Waals surface area contributed by atoms with E-state index in [4.69, 9.17) is 5.11 Å². The van der Waals surface area contributed by atoms with Gasteiger partial charge < -0.3 is 20.8 Å². The number of nitrogens with one attached hydrogen (secondary N) is 2. The van der Waals surface area contributed by atoms with Gasteiger partial charge in [0.15, 0.2) is 0 Å². The highest BCUT2D eigenvalue weighted by Gasteiger charge is 2.24. The topological polar surface area (TPSA) is 98.7 Å². The first kappa shape index (κ1) is 17.1. The predicted octanol–water partition coefficient (Wildman–Crippen LogP) is 0.653. The molecule has 0 saturated carbocycles. The highest BCUT2D eigenvalue weighted by atomic mass is 32.2. The Morgan fingerprint density at radius 2 is 2.06 bits per heavy atom. The molecule has 0 bridgehead atoms. The van der Waals surface area contributed by atoms with Crippen LogP contribution in [0.15, 0.2) is 0 Å². The van der Waals surface area contributed by atoms with Crippen LogP contribution in [-0.2, 0) is 4.79 Å². The number of carbonyl (C=O) groups is 2. The minimum absolute atomic E-state index is 0.0272. The average molecular weight is 278 g/mol. The zero-order valence-electron chi connectivity index (χ0n) is 11.0. The third-order valence-corrected chi connectivity index (χ3v) is 3.26. The number of hydrogen-bond donors (Lipinski definition) is 4. The van der Waals surface area contributed by atoms with Crippen LogP contribution >= 0.6 is 11.8 Å². The molecule has 18 heavy (non-hydrogen) atoms. The lowest BCUT2D eigenvalue weighted by Gasteiger charge is -2.22. The second kappa shape index (κ2) is 8.20. The molecule has 2 atom stereocenters. The van der Waals surface area contributed by atoms with Crippen molar-refractivity contribution in [1.82, 2.24) is 10.6 Å². The fourth-order valence-electron chi connectivity index (χ4n) is 1.27. The first-order valence-corrected chi connectivity index (χ1v) is 6.98. The minimum Gasteiger partial charge on any atom is -0.481 e. The fourth-order valence-corrected chi connectivity index (χ4v) is 1.94. The standard InChI is InChI=1S/C11H22N2O4S/c1-4-18-6-8(2)13-10(16)12-7-11(3,17)5-9(14)15/h8,17H,4-7H2,1-3H3,(H,14,15)(H2,12,13,16). The number of rotatable bonds is 8. The summed E-state index contributed by atoms with van der Waals surface area (Å²) in [4.78, 5) is 21.9. The molecule has 2 amide bonds. The molecule has 0 aromatic heterocycles. The number of carboxylic acid groups (broad SMARTS) is 1. The maximum atomic E-state index is 11.5. The van der Waals surface area contributed by atoms with Gasteiger partial charge in [-0.15, -0.1) is 0 Å². The summed E-state index contributed by atoms with van der Waals surface area (Å²) in [5, 5.41) is 23.4. The van der Waals surface area contributed by atoms with Gasteiger partial charge in [-0.05, 0) is 19.6 Å². The highest BCUT2D eigenvalue weighted by molar-refractivity contribution is 7.99. The van der Waals surface area contributed by atoms with E-state index in [1.807, 2.05) is 13.8 Å². The molecule has 0 radical (unpaired) electrons. The third kappa shape index (κ3) is 9.12. The molecule has 7 heteroatoms. The van der Waals surface area contributed by atoms with Crippen molar-refractivity contribution in [3.63, 3.8) is 0 Å². The smallest absolute Gasteiger partial charge is 0.315 e. The lowest BCUT2D eigenvalue weighted by molar-refractivity contribution is -0.141. The van der Waals surface area contributed by atoms with Gasteiger partial charge >= 0.3 is 12.0 Å². The number of aliphatic carboxylic acids is 1. The van der Waals surface area contributed by atoms with E-state index < -0.39 is 24.0 Å². The zero-order valence-corrected chi connectivity index (χ0v) is 11.8. The van der Waals surface area contributed by atoms with Gasteiger partial charge in [-0.1, -0.05) is 6.92 Å². The number of amides is 2. The van der Waals surface area contributed by atoms with E-state index in [1.54, 1.807) is 11.8 Å². The first-order valence-electron chi connectivity index (χ1n) is 5.83. The van der Waals surface area contributed by atoms with Crippen molar-refractivity contribution >= 4 is 23.8 Å². The summed E-state index contributed by atoms with van der Waals surface area (Å²) in [7, 11) is 0. The normalized spacial score (nSPS) is 15.6. The Hall–Kier alpha value is -0.950. The monoisotopic (exact) mass is 278 g/mol. The summed E-state index contributed by atoms with van der Waals surface area (Å²) < 4.78 is 0. The molecular formula is C11H22N2O4S. The Morgan fingerprint density at radius 3 is 2.56 bits per heavy atom. The number of thioether (sulfide) groups is 1. The Balaban J connectivity index is 3.92. The van der Waals surface area contributed by atoms with Gasteiger partial charge in [0.05, 0.1) is 12.0 Å². The van der Waals surface area contributed by atoms with Crippen molar-refractivity contribution < 1.29 is 19.8 Å². The van der Waals surface area contributed by atoms with E-state index in [1.165, 1.54) is 6.92 Å². The zero-order chi connectivity index (χ0) is 14.2. The van der Waals surface area contributed by atoms with Crippen LogP contribution in [0.1, 0.15) is 27.2 Å². The average Bonchev–Trinajstić information content (AvgIpc) is 2.22. The van der Waals surface area contributed by atoms with Crippen LogP contribution in [0.25, 0.3) is 0 Å². The van der Waals surface area contributed by atoms with Gasteiger partial charge in [0.25, 0.3) is 0 Å². The molecule has 0 aromatic carbocycles. The SMILES string of the molecule is CCSCC(C)NC(=O)NCC(C)(O)CC(=O)O. The van der Waals surface area contributed by atoms with Crippen LogP contribution in [-0.4, -0.2) is 51.9 Å². The summed E-state index contributed by atoms with van der Waals surface area (Å²) in [6.45, 7) is 5.20. The van der Waals surface area contributed by atoms with E-state index in [9.17, 15) is 14.7 Å². The number of urea groups is 1. The Labute approximate surface area is 112 Å². The quantitative estimate of drug-likeness (QED) is 0.522. The maximum Gasteiger partial charge on any atom is 0.315 e. The van der Waals surface area contributed by atoms with Crippen LogP contribution in [0.4, 0.5) is 4.79 Å². The summed E-state index contributed by atoms with van der Waals surface area (Å²) >= 11 is 1.72. The summed E-state index contributed by atoms with van der Waals surface area (Å²) in [6.07, 6.45) is -0.408. The van der Waals surface area contributed by atoms with Crippen molar-refractivity contribution in [1.29, 1.82) is 0 Å². The van der Waals surface area contributed by atoms with Crippen LogP contribution in [0.2, 0.25) is 0 Å². The molecule has 0 aliphatic carbocycles. The number of carbonyl (C=O) groups excluding carboxylic acids is 1. The van der Waals surface area contributed by atoms with Gasteiger partial charge in [0, 0.05) is 18.3 Å². The van der Waals surface area contributed by atoms with E-state index in [0.717, 1.165) is 11.5 Å². The lowest BCUT2D eigenvalue weighted by atomic mass is 10.0. The highest BCUT2D eigenvalue weighted by Crippen LogP contribution is 2.07. The van der Waals surface area contributed by atoms with Crippen LogP contribution in [0.5, 0.6) is 0 Å². The molecule has 0 rings (SSSR count). The first-order chi connectivity index (χ1) is 8.26. The molecule has 106 valence electrons. The molecule has 0 fully saturated rings. The van der Waals surface area contributed by atoms with Gasteiger partial charge in [-0.2, -0.15) is 11.8 Å². The van der Waals surface area contributed by atoms with Crippen molar-refractivity contribution in [2.75, 3.05) is 18.1 Å². The second-order valence-electron chi connectivity index (χ2n) is 4.45. The van der Waals surface area contributed by atoms with Gasteiger partial charge in [0.1, 0.15) is 0 Å². The van der Waals surface area contributed by atoms with Gasteiger partial charge in [-0.25, -0.2) is 4.79 Å². The summed E-state index contributed by atoms with van der Waals surface area (Å²) in [6, 6.07) is -0.371. The summed E-state index contributed by atoms with van der Waals surface area (Å²) in [5.41, 5.74) is -1.44. The van der Waals surface area contributed by atoms with Crippen molar-refractivity contribution in [2.45, 2.75) is 38.8 Å². The Kier molecular flexibility index (Phi) is 7.77. The summed E-state index contributed by atoms with van der Waals surface area (Å²) in [5.74, 6) is 0.700. The van der Waals surface area contributed by atoms with E-state index >= 15 is 0 Å². The number of hydrogen-bond acceptors (Lipinski definition) is 4.